The number of hydrogen-bond donors (Lipinski definition) is 2. The Bertz CT molecular complexity index is 926. The van der Waals surface area contributed by atoms with Crippen LogP contribution in [0.5, 0.6) is 0 Å². The topological polar surface area (TPSA) is 123 Å². The minimum Gasteiger partial charge on any atom is -0.477 e. The van der Waals surface area contributed by atoms with Crippen molar-refractivity contribution in [3.05, 3.63) is 29.7 Å². The molecule has 3 aliphatic carbocycles. The normalized spacial score (nSPS) is 26.7. The Balaban J connectivity index is 1.59. The van der Waals surface area contributed by atoms with Crippen molar-refractivity contribution in [1.29, 1.82) is 0 Å². The molecule has 27 heavy (non-hydrogen) atoms. The van der Waals surface area contributed by atoms with E-state index < -0.39 is 11.4 Å². The van der Waals surface area contributed by atoms with Gasteiger partial charge in [0.05, 0.1) is 18.7 Å². The van der Waals surface area contributed by atoms with E-state index in [9.17, 15) is 19.5 Å². The highest BCUT2D eigenvalue weighted by Crippen LogP contribution is 2.52. The fourth-order valence-corrected chi connectivity index (χ4v) is 4.39. The zero-order chi connectivity index (χ0) is 19.2. The van der Waals surface area contributed by atoms with E-state index in [4.69, 9.17) is 4.74 Å². The van der Waals surface area contributed by atoms with Crippen LogP contribution >= 0.6 is 0 Å². The number of carbonyl (C=O) groups is 3. The largest absolute Gasteiger partial charge is 0.477 e. The average molecular weight is 372 g/mol. The molecule has 0 atom stereocenters. The zero-order valence-electron chi connectivity index (χ0n) is 14.9. The SMILES string of the molecule is COC(=O)C12CCC(NC(=O)c3cc(C(=O)O)nc4ccnn34)(CC1)CC2. The van der Waals surface area contributed by atoms with Crippen molar-refractivity contribution in [1.82, 2.24) is 19.9 Å². The predicted octanol–water partition coefficient (Wildman–Crippen LogP) is 1.42. The van der Waals surface area contributed by atoms with E-state index in [0.717, 1.165) is 0 Å². The number of carboxylic acid groups (broad SMARTS) is 1. The van der Waals surface area contributed by atoms with Crippen molar-refractivity contribution in [3.8, 4) is 0 Å². The zero-order valence-corrected chi connectivity index (χ0v) is 14.9. The lowest BCUT2D eigenvalue weighted by molar-refractivity contribution is -0.160. The molecule has 9 heteroatoms. The number of carbonyl (C=O) groups excluding carboxylic acids is 2. The second kappa shape index (κ2) is 6.04. The molecule has 2 aromatic rings. The average Bonchev–Trinajstić information content (AvgIpc) is 3.16. The molecule has 2 N–H and O–H groups in total. The summed E-state index contributed by atoms with van der Waals surface area (Å²) in [5.74, 6) is -1.76. The monoisotopic (exact) mass is 372 g/mol. The van der Waals surface area contributed by atoms with E-state index in [1.54, 1.807) is 6.07 Å². The molecule has 0 spiro atoms. The summed E-state index contributed by atoms with van der Waals surface area (Å²) in [6.45, 7) is 0. The third kappa shape index (κ3) is 2.73. The van der Waals surface area contributed by atoms with Crippen LogP contribution < -0.4 is 5.32 Å². The number of aromatic carboxylic acids is 1. The van der Waals surface area contributed by atoms with Gasteiger partial charge in [-0.3, -0.25) is 9.59 Å². The molecule has 2 bridgehead atoms. The molecule has 3 saturated carbocycles. The summed E-state index contributed by atoms with van der Waals surface area (Å²) in [6.07, 6.45) is 5.55. The number of nitrogens with zero attached hydrogens (tertiary/aromatic N) is 3. The highest BCUT2D eigenvalue weighted by Gasteiger charge is 2.53. The van der Waals surface area contributed by atoms with Crippen molar-refractivity contribution in [2.45, 2.75) is 44.1 Å². The van der Waals surface area contributed by atoms with Crippen LogP contribution in [0.4, 0.5) is 0 Å². The number of esters is 1. The van der Waals surface area contributed by atoms with Gasteiger partial charge in [-0.1, -0.05) is 0 Å². The molecule has 9 nitrogen and oxygen atoms in total. The number of amides is 1. The lowest BCUT2D eigenvalue weighted by atomic mass is 9.57. The van der Waals surface area contributed by atoms with E-state index in [0.29, 0.717) is 44.2 Å². The number of aromatic nitrogens is 3. The molecule has 2 aromatic heterocycles. The van der Waals surface area contributed by atoms with Crippen LogP contribution in [0.15, 0.2) is 18.3 Å². The molecule has 3 aliphatic rings. The minimum atomic E-state index is -1.20. The van der Waals surface area contributed by atoms with Gasteiger partial charge >= 0.3 is 11.9 Å². The van der Waals surface area contributed by atoms with Crippen LogP contribution in [0.25, 0.3) is 5.65 Å². The van der Waals surface area contributed by atoms with Crippen LogP contribution in [0.1, 0.15) is 59.5 Å². The molecule has 1 amide bonds. The fourth-order valence-electron chi connectivity index (χ4n) is 4.39. The van der Waals surface area contributed by atoms with E-state index in [1.807, 2.05) is 0 Å². The summed E-state index contributed by atoms with van der Waals surface area (Å²) < 4.78 is 6.30. The Morgan fingerprint density at radius 3 is 2.44 bits per heavy atom. The molecule has 0 aliphatic heterocycles. The van der Waals surface area contributed by atoms with Gasteiger partial charge in [0.15, 0.2) is 11.3 Å². The highest BCUT2D eigenvalue weighted by molar-refractivity contribution is 5.96. The molecular formula is C18H20N4O5. The Labute approximate surface area is 154 Å². The van der Waals surface area contributed by atoms with Crippen molar-refractivity contribution in [2.24, 2.45) is 5.41 Å². The van der Waals surface area contributed by atoms with Crippen LogP contribution in [0, 0.1) is 5.41 Å². The molecule has 0 saturated heterocycles. The van der Waals surface area contributed by atoms with E-state index in [2.05, 4.69) is 15.4 Å². The van der Waals surface area contributed by atoms with Crippen LogP contribution in [-0.2, 0) is 9.53 Å². The third-order valence-corrected chi connectivity index (χ3v) is 6.05. The Morgan fingerprint density at radius 2 is 1.85 bits per heavy atom. The number of methoxy groups -OCH3 is 1. The highest BCUT2D eigenvalue weighted by atomic mass is 16.5. The van der Waals surface area contributed by atoms with Crippen LogP contribution in [0.2, 0.25) is 0 Å². The molecule has 0 radical (unpaired) electrons. The molecular weight excluding hydrogens is 352 g/mol. The summed E-state index contributed by atoms with van der Waals surface area (Å²) in [6, 6.07) is 2.78. The summed E-state index contributed by atoms with van der Waals surface area (Å²) in [7, 11) is 1.41. The van der Waals surface area contributed by atoms with Crippen molar-refractivity contribution >= 4 is 23.5 Å². The van der Waals surface area contributed by atoms with Gasteiger partial charge in [0.2, 0.25) is 0 Å². The maximum absolute atomic E-state index is 13.0. The molecule has 5 rings (SSSR count). The molecule has 2 heterocycles. The standard InChI is InChI=1S/C18H20N4O5/c1-27-16(26)17-3-6-18(7-4-17,8-5-17)21-14(23)12-10-11(15(24)25)20-13-2-9-19-22(12)13/h2,9-10H,3-8H2,1H3,(H,21,23)(H,24,25). The van der Waals surface area contributed by atoms with Crippen molar-refractivity contribution < 1.29 is 24.2 Å². The predicted molar refractivity (Wildman–Crippen MR) is 92.3 cm³/mol. The first-order valence-electron chi connectivity index (χ1n) is 8.87. The van der Waals surface area contributed by atoms with Gasteiger partial charge in [0.1, 0.15) is 5.69 Å². The smallest absolute Gasteiger partial charge is 0.354 e. The second-order valence-corrected chi connectivity index (χ2v) is 7.44. The number of rotatable bonds is 4. The van der Waals surface area contributed by atoms with Gasteiger partial charge in [-0.05, 0) is 38.5 Å². The Hall–Kier alpha value is -2.97. The maximum atomic E-state index is 13.0. The molecule has 142 valence electrons. The van der Waals surface area contributed by atoms with Crippen molar-refractivity contribution in [2.75, 3.05) is 7.11 Å². The Morgan fingerprint density at radius 1 is 1.19 bits per heavy atom. The Kier molecular flexibility index (Phi) is 3.90. The van der Waals surface area contributed by atoms with Gasteiger partial charge in [-0.15, -0.1) is 0 Å². The molecule has 3 fully saturated rings. The number of nitrogens with one attached hydrogen (secondary N) is 1. The third-order valence-electron chi connectivity index (χ3n) is 6.05. The molecule has 0 unspecified atom stereocenters. The maximum Gasteiger partial charge on any atom is 0.354 e. The van der Waals surface area contributed by atoms with E-state index in [1.165, 1.54) is 23.9 Å². The molecule has 0 aromatic carbocycles. The first-order valence-corrected chi connectivity index (χ1v) is 8.87. The van der Waals surface area contributed by atoms with Gasteiger partial charge in [-0.25, -0.2) is 14.3 Å². The van der Waals surface area contributed by atoms with Crippen LogP contribution in [0.3, 0.4) is 0 Å². The van der Waals surface area contributed by atoms with E-state index >= 15 is 0 Å². The summed E-state index contributed by atoms with van der Waals surface area (Å²) in [5, 5.41) is 16.4. The first kappa shape index (κ1) is 17.4. The minimum absolute atomic E-state index is 0.132. The lowest BCUT2D eigenvalue weighted by Gasteiger charge is -2.51. The first-order chi connectivity index (χ1) is 12.9. The number of ether oxygens (including phenoxy) is 1. The van der Waals surface area contributed by atoms with Crippen molar-refractivity contribution in [3.63, 3.8) is 0 Å². The quantitative estimate of drug-likeness (QED) is 0.778. The summed E-state index contributed by atoms with van der Waals surface area (Å²) >= 11 is 0. The second-order valence-electron chi connectivity index (χ2n) is 7.44. The lowest BCUT2D eigenvalue weighted by Crippen LogP contribution is -2.58. The number of carboxylic acids is 1. The fraction of sp³-hybridized carbons (Fsp3) is 0.500. The number of hydrogen-bond acceptors (Lipinski definition) is 6. The van der Waals surface area contributed by atoms with Gasteiger partial charge < -0.3 is 15.2 Å². The van der Waals surface area contributed by atoms with E-state index in [-0.39, 0.29) is 28.8 Å². The van der Waals surface area contributed by atoms with Gasteiger partial charge in [-0.2, -0.15) is 5.10 Å². The summed E-state index contributed by atoms with van der Waals surface area (Å²) in [5.41, 5.74) is -0.591. The van der Waals surface area contributed by atoms with Gasteiger partial charge in [0.25, 0.3) is 5.91 Å². The van der Waals surface area contributed by atoms with Crippen LogP contribution in [-0.4, -0.2) is 50.2 Å². The van der Waals surface area contributed by atoms with Gasteiger partial charge in [0, 0.05) is 17.7 Å². The summed E-state index contributed by atoms with van der Waals surface area (Å²) in [4.78, 5) is 40.4. The number of fused-ring (bicyclic) bond motifs is 4.